The molecule has 2 aliphatic rings. The maximum absolute atomic E-state index is 6.91. The van der Waals surface area contributed by atoms with E-state index in [0.717, 1.165) is 44.9 Å². The van der Waals surface area contributed by atoms with Gasteiger partial charge in [0, 0.05) is 11.1 Å². The molecular formula is C39H25N3O2Si. The largest absolute Gasteiger partial charge is 0.458 e. The average molecular weight is 596 g/mol. The van der Waals surface area contributed by atoms with Crippen molar-refractivity contribution < 1.29 is 9.47 Å². The van der Waals surface area contributed by atoms with Crippen LogP contribution in [0.15, 0.2) is 152 Å². The van der Waals surface area contributed by atoms with Gasteiger partial charge >= 0.3 is 0 Å². The van der Waals surface area contributed by atoms with Crippen LogP contribution in [-0.4, -0.2) is 23.0 Å². The van der Waals surface area contributed by atoms with Gasteiger partial charge in [-0.05, 0) is 45.0 Å². The van der Waals surface area contributed by atoms with Crippen LogP contribution >= 0.6 is 0 Å². The summed E-state index contributed by atoms with van der Waals surface area (Å²) in [6.07, 6.45) is 0. The molecule has 1 aromatic heterocycles. The third kappa shape index (κ3) is 3.89. The van der Waals surface area contributed by atoms with E-state index in [2.05, 4.69) is 72.8 Å². The van der Waals surface area contributed by atoms with Crippen molar-refractivity contribution in [3.63, 3.8) is 0 Å². The molecule has 0 aliphatic carbocycles. The average Bonchev–Trinajstić information content (AvgIpc) is 3.12. The van der Waals surface area contributed by atoms with Crippen LogP contribution in [0, 0.1) is 0 Å². The van der Waals surface area contributed by atoms with Gasteiger partial charge in [-0.15, -0.1) is 0 Å². The van der Waals surface area contributed by atoms with Crippen LogP contribution in [0.3, 0.4) is 0 Å². The van der Waals surface area contributed by atoms with E-state index in [-0.39, 0.29) is 0 Å². The van der Waals surface area contributed by atoms with Gasteiger partial charge < -0.3 is 9.47 Å². The molecule has 0 unspecified atom stereocenters. The summed E-state index contributed by atoms with van der Waals surface area (Å²) in [5.74, 6) is 5.18. The summed E-state index contributed by atoms with van der Waals surface area (Å²) >= 11 is 0. The highest BCUT2D eigenvalue weighted by Crippen LogP contribution is 2.40. The van der Waals surface area contributed by atoms with E-state index in [1.54, 1.807) is 0 Å². The minimum atomic E-state index is -2.89. The number of hydrogen-bond acceptors (Lipinski definition) is 5. The van der Waals surface area contributed by atoms with Crippen molar-refractivity contribution >= 4 is 28.8 Å². The molecule has 0 fully saturated rings. The number of para-hydroxylation sites is 4. The topological polar surface area (TPSA) is 57.1 Å². The van der Waals surface area contributed by atoms with Gasteiger partial charge in [-0.1, -0.05) is 127 Å². The number of ether oxygens (including phenoxy) is 2. The lowest BCUT2D eigenvalue weighted by Gasteiger charge is -2.43. The molecule has 212 valence electrons. The normalized spacial score (nSPS) is 13.4. The Hall–Kier alpha value is -5.85. The molecule has 6 aromatic carbocycles. The van der Waals surface area contributed by atoms with Gasteiger partial charge in [0.1, 0.15) is 23.0 Å². The summed E-state index contributed by atoms with van der Waals surface area (Å²) in [4.78, 5) is 15.1. The first-order valence-corrected chi connectivity index (χ1v) is 17.0. The second kappa shape index (κ2) is 10.1. The quantitative estimate of drug-likeness (QED) is 0.220. The molecule has 0 bridgehead atoms. The number of fused-ring (bicyclic) bond motifs is 8. The summed E-state index contributed by atoms with van der Waals surface area (Å²) in [7, 11) is -2.89. The molecule has 2 aliphatic heterocycles. The molecule has 9 rings (SSSR count). The molecule has 45 heavy (non-hydrogen) atoms. The molecule has 0 N–H and O–H groups in total. The Labute approximate surface area is 261 Å². The van der Waals surface area contributed by atoms with Gasteiger partial charge in [-0.25, -0.2) is 15.0 Å². The fraction of sp³-hybridized carbons (Fsp3) is 0. The van der Waals surface area contributed by atoms with Crippen LogP contribution in [-0.2, 0) is 0 Å². The van der Waals surface area contributed by atoms with Gasteiger partial charge in [0.05, 0.1) is 5.56 Å². The Morgan fingerprint density at radius 2 is 0.778 bits per heavy atom. The van der Waals surface area contributed by atoms with E-state index in [1.807, 2.05) is 78.9 Å². The summed E-state index contributed by atoms with van der Waals surface area (Å²) in [6.45, 7) is 0. The summed E-state index contributed by atoms with van der Waals surface area (Å²) in [5, 5.41) is 4.74. The molecule has 0 atom stereocenters. The second-order valence-corrected chi connectivity index (χ2v) is 14.8. The smallest absolute Gasteiger partial charge is 0.196 e. The van der Waals surface area contributed by atoms with Crippen LogP contribution in [0.4, 0.5) is 0 Å². The van der Waals surface area contributed by atoms with Crippen LogP contribution < -0.4 is 30.2 Å². The van der Waals surface area contributed by atoms with Crippen molar-refractivity contribution in [2.45, 2.75) is 0 Å². The predicted octanol–water partition coefficient (Wildman–Crippen LogP) is 6.46. The SMILES string of the molecule is c1ccc(-c2nc(-c3ccccc3)nc(-c3cccc4c3Oc3ccccc3[Si]43c4ccccc4Oc4ccccc43)n2)cc1. The summed E-state index contributed by atoms with van der Waals surface area (Å²) in [6, 6.07) is 51.8. The first-order valence-electron chi connectivity index (χ1n) is 15.0. The number of rotatable bonds is 3. The minimum absolute atomic E-state index is 0.566. The highest BCUT2D eigenvalue weighted by atomic mass is 28.3. The lowest BCUT2D eigenvalue weighted by atomic mass is 10.1. The van der Waals surface area contributed by atoms with Crippen molar-refractivity contribution in [3.8, 4) is 57.2 Å². The maximum Gasteiger partial charge on any atom is 0.196 e. The van der Waals surface area contributed by atoms with Crippen LogP contribution in [0.2, 0.25) is 0 Å². The lowest BCUT2D eigenvalue weighted by Crippen LogP contribution is -2.77. The molecule has 0 amide bonds. The number of hydrogen-bond donors (Lipinski definition) is 0. The van der Waals surface area contributed by atoms with Gasteiger partial charge in [0.2, 0.25) is 0 Å². The Bertz CT molecular complexity index is 2120. The molecule has 3 heterocycles. The monoisotopic (exact) mass is 595 g/mol. The standard InChI is InChI=1S/C39H25N3O2Si/c1-3-14-26(15-4-1)37-40-38(27-16-5-2-6-17-27)42-39(41-37)28-18-13-25-35-36(28)44-31-21-9-12-24-34(31)45(35)32-22-10-7-19-29(32)43-30-20-8-11-23-33(30)45/h1-25H. The zero-order chi connectivity index (χ0) is 29.8. The first kappa shape index (κ1) is 25.6. The van der Waals surface area contributed by atoms with E-state index in [0.29, 0.717) is 17.5 Å². The highest BCUT2D eigenvalue weighted by Gasteiger charge is 2.53. The van der Waals surface area contributed by atoms with E-state index < -0.39 is 8.07 Å². The van der Waals surface area contributed by atoms with Crippen molar-refractivity contribution in [2.24, 2.45) is 0 Å². The summed E-state index contributed by atoms with van der Waals surface area (Å²) < 4.78 is 13.4. The second-order valence-electron chi connectivity index (χ2n) is 11.2. The maximum atomic E-state index is 6.91. The molecule has 5 nitrogen and oxygen atoms in total. The van der Waals surface area contributed by atoms with E-state index in [1.165, 1.54) is 15.6 Å². The van der Waals surface area contributed by atoms with Crippen LogP contribution in [0.1, 0.15) is 0 Å². The molecule has 0 radical (unpaired) electrons. The number of aromatic nitrogens is 3. The molecular weight excluding hydrogens is 571 g/mol. The van der Waals surface area contributed by atoms with Gasteiger partial charge in [0.25, 0.3) is 0 Å². The fourth-order valence-corrected chi connectivity index (χ4v) is 11.9. The fourth-order valence-electron chi connectivity index (χ4n) is 6.74. The van der Waals surface area contributed by atoms with Crippen molar-refractivity contribution in [2.75, 3.05) is 0 Å². The molecule has 6 heteroatoms. The van der Waals surface area contributed by atoms with Crippen LogP contribution in [0.5, 0.6) is 23.0 Å². The van der Waals surface area contributed by atoms with Crippen molar-refractivity contribution in [1.82, 2.24) is 15.0 Å². The first-order chi connectivity index (χ1) is 22.3. The Morgan fingerprint density at radius 1 is 0.356 bits per heavy atom. The van der Waals surface area contributed by atoms with Gasteiger partial charge in [0.15, 0.2) is 25.5 Å². The van der Waals surface area contributed by atoms with E-state index in [9.17, 15) is 0 Å². The Kier molecular flexibility index (Phi) is 5.76. The Morgan fingerprint density at radius 3 is 1.31 bits per heavy atom. The third-order valence-electron chi connectivity index (χ3n) is 8.66. The minimum Gasteiger partial charge on any atom is -0.458 e. The number of nitrogens with zero attached hydrogens (tertiary/aromatic N) is 3. The van der Waals surface area contributed by atoms with Crippen molar-refractivity contribution in [3.05, 3.63) is 152 Å². The zero-order valence-corrected chi connectivity index (χ0v) is 25.1. The van der Waals surface area contributed by atoms with Gasteiger partial charge in [-0.2, -0.15) is 0 Å². The van der Waals surface area contributed by atoms with Crippen molar-refractivity contribution in [1.29, 1.82) is 0 Å². The lowest BCUT2D eigenvalue weighted by molar-refractivity contribution is 0.482. The third-order valence-corrected chi connectivity index (χ3v) is 13.5. The molecule has 0 saturated carbocycles. The molecule has 0 saturated heterocycles. The van der Waals surface area contributed by atoms with Gasteiger partial charge in [-0.3, -0.25) is 0 Å². The molecule has 7 aromatic rings. The summed E-state index contributed by atoms with van der Waals surface area (Å²) in [5.41, 5.74) is 2.67. The van der Waals surface area contributed by atoms with Crippen LogP contribution in [0.25, 0.3) is 34.2 Å². The predicted molar refractivity (Wildman–Crippen MR) is 180 cm³/mol. The highest BCUT2D eigenvalue weighted by molar-refractivity contribution is 7.21. The Balaban J connectivity index is 1.36. The van der Waals surface area contributed by atoms with E-state index in [4.69, 9.17) is 24.4 Å². The zero-order valence-electron chi connectivity index (χ0n) is 24.1. The van der Waals surface area contributed by atoms with E-state index >= 15 is 0 Å². The molecule has 1 spiro atoms. The number of benzene rings is 6.